The summed E-state index contributed by atoms with van der Waals surface area (Å²) in [6, 6.07) is 5.24. The van der Waals surface area contributed by atoms with Crippen molar-refractivity contribution in [3.63, 3.8) is 0 Å². The van der Waals surface area contributed by atoms with E-state index in [9.17, 15) is 9.50 Å². The topological polar surface area (TPSA) is 23.5 Å². The second-order valence-electron chi connectivity index (χ2n) is 5.44. The van der Waals surface area contributed by atoms with Gasteiger partial charge in [0.15, 0.2) is 0 Å². The van der Waals surface area contributed by atoms with Crippen molar-refractivity contribution in [1.29, 1.82) is 0 Å². The number of hydrogen-bond acceptors (Lipinski definition) is 2. The van der Waals surface area contributed by atoms with Gasteiger partial charge in [0.2, 0.25) is 0 Å². The highest BCUT2D eigenvalue weighted by Crippen LogP contribution is 2.40. The molecule has 2 unspecified atom stereocenters. The molecule has 1 N–H and O–H groups in total. The SMILES string of the molecule is OC1(c2cc(Br)ccc2F)CCN2CCCC2C1. The van der Waals surface area contributed by atoms with Crippen LogP contribution in [-0.4, -0.2) is 29.1 Å². The predicted molar refractivity (Wildman–Crippen MR) is 71.8 cm³/mol. The minimum absolute atomic E-state index is 0.299. The van der Waals surface area contributed by atoms with Crippen LogP contribution >= 0.6 is 15.9 Å². The van der Waals surface area contributed by atoms with Gasteiger partial charge < -0.3 is 10.0 Å². The number of benzene rings is 1. The van der Waals surface area contributed by atoms with E-state index in [1.807, 2.05) is 0 Å². The molecule has 2 nitrogen and oxygen atoms in total. The highest BCUT2D eigenvalue weighted by atomic mass is 79.9. The fraction of sp³-hybridized carbons (Fsp3) is 0.571. The smallest absolute Gasteiger partial charge is 0.129 e. The van der Waals surface area contributed by atoms with Gasteiger partial charge in [-0.1, -0.05) is 15.9 Å². The van der Waals surface area contributed by atoms with E-state index >= 15 is 0 Å². The van der Waals surface area contributed by atoms with Crippen LogP contribution in [0.2, 0.25) is 0 Å². The normalized spacial score (nSPS) is 32.5. The molecule has 2 aliphatic rings. The molecule has 0 aromatic heterocycles. The molecule has 3 rings (SSSR count). The maximum absolute atomic E-state index is 13.9. The van der Waals surface area contributed by atoms with Crippen molar-refractivity contribution in [1.82, 2.24) is 4.90 Å². The summed E-state index contributed by atoms with van der Waals surface area (Å²) in [5.41, 5.74) is -0.553. The quantitative estimate of drug-likeness (QED) is 0.861. The van der Waals surface area contributed by atoms with Crippen LogP contribution in [0.15, 0.2) is 22.7 Å². The van der Waals surface area contributed by atoms with E-state index in [0.717, 1.165) is 24.0 Å². The van der Waals surface area contributed by atoms with Gasteiger partial charge >= 0.3 is 0 Å². The standard InChI is InChI=1S/C14H17BrFNO/c15-10-3-4-13(16)12(8-10)14(18)5-7-17-6-1-2-11(17)9-14/h3-4,8,11,18H,1-2,5-7,9H2. The van der Waals surface area contributed by atoms with Gasteiger partial charge in [-0.15, -0.1) is 0 Å². The van der Waals surface area contributed by atoms with Crippen molar-refractivity contribution in [2.24, 2.45) is 0 Å². The summed E-state index contributed by atoms with van der Waals surface area (Å²) < 4.78 is 14.8. The average Bonchev–Trinajstić information content (AvgIpc) is 2.79. The second kappa shape index (κ2) is 4.58. The van der Waals surface area contributed by atoms with Crippen molar-refractivity contribution in [3.8, 4) is 0 Å². The lowest BCUT2D eigenvalue weighted by atomic mass is 9.81. The van der Waals surface area contributed by atoms with Crippen molar-refractivity contribution >= 4 is 15.9 Å². The second-order valence-corrected chi connectivity index (χ2v) is 6.36. The molecular formula is C14H17BrFNO. The van der Waals surface area contributed by atoms with Gasteiger partial charge in [-0.3, -0.25) is 0 Å². The maximum Gasteiger partial charge on any atom is 0.129 e. The number of rotatable bonds is 1. The van der Waals surface area contributed by atoms with Gasteiger partial charge in [0.05, 0.1) is 5.60 Å². The Morgan fingerprint density at radius 2 is 2.22 bits per heavy atom. The molecule has 0 aliphatic carbocycles. The number of piperidine rings is 1. The molecular weight excluding hydrogens is 297 g/mol. The number of nitrogens with zero attached hydrogens (tertiary/aromatic N) is 1. The van der Waals surface area contributed by atoms with Gasteiger partial charge in [-0.2, -0.15) is 0 Å². The first-order valence-corrected chi connectivity index (χ1v) is 7.30. The molecule has 2 saturated heterocycles. The lowest BCUT2D eigenvalue weighted by Crippen LogP contribution is -2.46. The van der Waals surface area contributed by atoms with Crippen LogP contribution in [0, 0.1) is 5.82 Å². The molecule has 2 aliphatic heterocycles. The molecule has 0 radical (unpaired) electrons. The number of fused-ring (bicyclic) bond motifs is 1. The molecule has 2 heterocycles. The summed E-state index contributed by atoms with van der Waals surface area (Å²) in [6.07, 6.45) is 3.59. The Kier molecular flexibility index (Phi) is 3.20. The predicted octanol–water partition coefficient (Wildman–Crippen LogP) is 3.03. The highest BCUT2D eigenvalue weighted by molar-refractivity contribution is 9.10. The number of aliphatic hydroxyl groups is 1. The van der Waals surface area contributed by atoms with Crippen molar-refractivity contribution in [2.75, 3.05) is 13.1 Å². The van der Waals surface area contributed by atoms with Gasteiger partial charge in [-0.05, 0) is 50.4 Å². The van der Waals surface area contributed by atoms with E-state index in [0.29, 0.717) is 24.4 Å². The summed E-state index contributed by atoms with van der Waals surface area (Å²) in [4.78, 5) is 2.42. The molecule has 18 heavy (non-hydrogen) atoms. The van der Waals surface area contributed by atoms with Crippen molar-refractivity contribution in [2.45, 2.75) is 37.3 Å². The zero-order valence-corrected chi connectivity index (χ0v) is 11.8. The lowest BCUT2D eigenvalue weighted by molar-refractivity contribution is -0.0433. The van der Waals surface area contributed by atoms with Crippen molar-refractivity contribution < 1.29 is 9.50 Å². The Bertz CT molecular complexity index is 467. The number of hydrogen-bond donors (Lipinski definition) is 1. The van der Waals surface area contributed by atoms with E-state index in [1.165, 1.54) is 12.5 Å². The third-order valence-electron chi connectivity index (χ3n) is 4.31. The molecule has 1 aromatic rings. The van der Waals surface area contributed by atoms with Crippen LogP contribution < -0.4 is 0 Å². The van der Waals surface area contributed by atoms with Crippen LogP contribution in [0.3, 0.4) is 0 Å². The zero-order chi connectivity index (χ0) is 12.8. The first kappa shape index (κ1) is 12.6. The van der Waals surface area contributed by atoms with Gasteiger partial charge in [-0.25, -0.2) is 4.39 Å². The van der Waals surface area contributed by atoms with Crippen molar-refractivity contribution in [3.05, 3.63) is 34.1 Å². The van der Waals surface area contributed by atoms with Crippen LogP contribution in [0.25, 0.3) is 0 Å². The van der Waals surface area contributed by atoms with E-state index in [-0.39, 0.29) is 5.82 Å². The third-order valence-corrected chi connectivity index (χ3v) is 4.81. The van der Waals surface area contributed by atoms with E-state index in [1.54, 1.807) is 12.1 Å². The van der Waals surface area contributed by atoms with Crippen LogP contribution in [0.4, 0.5) is 4.39 Å². The van der Waals surface area contributed by atoms with E-state index < -0.39 is 5.60 Å². The summed E-state index contributed by atoms with van der Waals surface area (Å²) in [5, 5.41) is 10.8. The van der Waals surface area contributed by atoms with E-state index in [4.69, 9.17) is 0 Å². The Hall–Kier alpha value is -0.450. The molecule has 0 spiro atoms. The Balaban J connectivity index is 1.92. The number of halogens is 2. The highest BCUT2D eigenvalue weighted by Gasteiger charge is 2.42. The average molecular weight is 314 g/mol. The maximum atomic E-state index is 13.9. The molecule has 4 heteroatoms. The molecule has 0 amide bonds. The molecule has 98 valence electrons. The minimum atomic E-state index is -1.00. The van der Waals surface area contributed by atoms with Gasteiger partial charge in [0.25, 0.3) is 0 Å². The fourth-order valence-corrected chi connectivity index (χ4v) is 3.70. The molecule has 2 atom stereocenters. The Labute approximate surface area is 115 Å². The minimum Gasteiger partial charge on any atom is -0.385 e. The largest absolute Gasteiger partial charge is 0.385 e. The first-order chi connectivity index (χ1) is 8.58. The van der Waals surface area contributed by atoms with Crippen LogP contribution in [-0.2, 0) is 5.60 Å². The third kappa shape index (κ3) is 2.10. The summed E-state index contributed by atoms with van der Waals surface area (Å²) in [5.74, 6) is -0.299. The van der Waals surface area contributed by atoms with E-state index in [2.05, 4.69) is 20.8 Å². The molecule has 0 saturated carbocycles. The summed E-state index contributed by atoms with van der Waals surface area (Å²) >= 11 is 3.36. The Morgan fingerprint density at radius 1 is 1.39 bits per heavy atom. The monoisotopic (exact) mass is 313 g/mol. The zero-order valence-electron chi connectivity index (χ0n) is 10.2. The molecule has 0 bridgehead atoms. The van der Waals surface area contributed by atoms with Gasteiger partial charge in [0, 0.05) is 22.6 Å². The fourth-order valence-electron chi connectivity index (χ4n) is 3.34. The Morgan fingerprint density at radius 3 is 3.06 bits per heavy atom. The molecule has 2 fully saturated rings. The molecule has 1 aromatic carbocycles. The van der Waals surface area contributed by atoms with Gasteiger partial charge in [0.1, 0.15) is 5.82 Å². The lowest BCUT2D eigenvalue weighted by Gasteiger charge is -2.41. The van der Waals surface area contributed by atoms with Crippen LogP contribution in [0.1, 0.15) is 31.2 Å². The summed E-state index contributed by atoms with van der Waals surface area (Å²) in [7, 11) is 0. The first-order valence-electron chi connectivity index (χ1n) is 6.50. The summed E-state index contributed by atoms with van der Waals surface area (Å²) in [6.45, 7) is 1.99. The van der Waals surface area contributed by atoms with Crippen LogP contribution in [0.5, 0.6) is 0 Å².